The second-order valence-electron chi connectivity index (χ2n) is 4.89. The summed E-state index contributed by atoms with van der Waals surface area (Å²) < 4.78 is 0. The third-order valence-corrected chi connectivity index (χ3v) is 3.25. The number of anilines is 1. The van der Waals surface area contributed by atoms with Crippen molar-refractivity contribution in [1.29, 1.82) is 0 Å². The van der Waals surface area contributed by atoms with Gasteiger partial charge in [0, 0.05) is 25.2 Å². The van der Waals surface area contributed by atoms with Gasteiger partial charge in [0.1, 0.15) is 6.04 Å². The van der Waals surface area contributed by atoms with Crippen LogP contribution in [0.5, 0.6) is 0 Å². The van der Waals surface area contributed by atoms with Gasteiger partial charge in [-0.25, -0.2) is 4.79 Å². The second kappa shape index (κ2) is 6.88. The molecule has 2 amide bonds. The third-order valence-electron chi connectivity index (χ3n) is 3.25. The fourth-order valence-electron chi connectivity index (χ4n) is 2.04. The molecule has 2 N–H and O–H groups in total. The largest absolute Gasteiger partial charge is 0.480 e. The maximum Gasteiger partial charge on any atom is 0.326 e. The number of carboxylic acids is 1. The minimum atomic E-state index is -1.04. The van der Waals surface area contributed by atoms with Crippen LogP contribution in [0.25, 0.3) is 0 Å². The maximum atomic E-state index is 12.3. The molecular formula is C15H20N2O4. The van der Waals surface area contributed by atoms with Crippen molar-refractivity contribution < 1.29 is 19.5 Å². The van der Waals surface area contributed by atoms with Crippen LogP contribution in [-0.2, 0) is 9.59 Å². The van der Waals surface area contributed by atoms with E-state index in [0.29, 0.717) is 17.7 Å². The molecule has 0 radical (unpaired) electrons. The lowest BCUT2D eigenvalue weighted by Crippen LogP contribution is -2.42. The average Bonchev–Trinajstić information content (AvgIpc) is 2.40. The summed E-state index contributed by atoms with van der Waals surface area (Å²) in [7, 11) is 1.46. The molecule has 6 nitrogen and oxygen atoms in total. The van der Waals surface area contributed by atoms with Crippen molar-refractivity contribution in [3.63, 3.8) is 0 Å². The predicted octanol–water partition coefficient (Wildman–Crippen LogP) is 1.89. The van der Waals surface area contributed by atoms with Crippen molar-refractivity contribution in [2.75, 3.05) is 12.4 Å². The van der Waals surface area contributed by atoms with Gasteiger partial charge in [0.15, 0.2) is 0 Å². The van der Waals surface area contributed by atoms with Gasteiger partial charge < -0.3 is 15.3 Å². The summed E-state index contributed by atoms with van der Waals surface area (Å²) in [5.74, 6) is -1.66. The van der Waals surface area contributed by atoms with Crippen molar-refractivity contribution in [3.05, 3.63) is 29.3 Å². The van der Waals surface area contributed by atoms with Gasteiger partial charge in [-0.1, -0.05) is 13.0 Å². The first-order valence-corrected chi connectivity index (χ1v) is 6.66. The molecule has 0 bridgehead atoms. The summed E-state index contributed by atoms with van der Waals surface area (Å²) in [4.78, 5) is 35.8. The zero-order valence-corrected chi connectivity index (χ0v) is 12.6. The molecular weight excluding hydrogens is 272 g/mol. The monoisotopic (exact) mass is 292 g/mol. The topological polar surface area (TPSA) is 86.7 Å². The Balaban J connectivity index is 3.07. The Morgan fingerprint density at radius 3 is 2.43 bits per heavy atom. The molecule has 0 aliphatic rings. The summed E-state index contributed by atoms with van der Waals surface area (Å²) in [6.45, 7) is 4.91. The Labute approximate surface area is 123 Å². The van der Waals surface area contributed by atoms with Crippen LogP contribution in [0.3, 0.4) is 0 Å². The Hall–Kier alpha value is -2.37. The molecule has 0 aromatic heterocycles. The Morgan fingerprint density at radius 2 is 1.95 bits per heavy atom. The lowest BCUT2D eigenvalue weighted by Gasteiger charge is -2.24. The van der Waals surface area contributed by atoms with Crippen molar-refractivity contribution in [2.24, 2.45) is 0 Å². The minimum Gasteiger partial charge on any atom is -0.480 e. The molecule has 0 heterocycles. The molecule has 0 spiro atoms. The standard InChI is InChI=1S/C15H20N2O4/c1-5-13(15(20)21)17(4)14(19)11-7-6-9(2)12(8-11)16-10(3)18/h6-8,13H,5H2,1-4H3,(H,16,18)(H,20,21). The predicted molar refractivity (Wildman–Crippen MR) is 79.3 cm³/mol. The zero-order valence-electron chi connectivity index (χ0n) is 12.6. The molecule has 0 aliphatic heterocycles. The number of rotatable bonds is 5. The van der Waals surface area contributed by atoms with Crippen LogP contribution in [0.15, 0.2) is 18.2 Å². The number of carboxylic acid groups (broad SMARTS) is 1. The van der Waals surface area contributed by atoms with E-state index in [1.165, 1.54) is 18.9 Å². The van der Waals surface area contributed by atoms with Gasteiger partial charge in [0.2, 0.25) is 5.91 Å². The van der Waals surface area contributed by atoms with Gasteiger partial charge in [-0.2, -0.15) is 0 Å². The lowest BCUT2D eigenvalue weighted by molar-refractivity contribution is -0.142. The highest BCUT2D eigenvalue weighted by Crippen LogP contribution is 2.19. The number of benzene rings is 1. The highest BCUT2D eigenvalue weighted by atomic mass is 16.4. The third kappa shape index (κ3) is 4.05. The fourth-order valence-corrected chi connectivity index (χ4v) is 2.04. The summed E-state index contributed by atoms with van der Waals surface area (Å²) in [5.41, 5.74) is 1.71. The summed E-state index contributed by atoms with van der Waals surface area (Å²) >= 11 is 0. The van der Waals surface area contributed by atoms with Gasteiger partial charge in [0.25, 0.3) is 5.91 Å². The number of amides is 2. The minimum absolute atomic E-state index is 0.229. The van der Waals surface area contributed by atoms with Crippen molar-refractivity contribution >= 4 is 23.5 Å². The lowest BCUT2D eigenvalue weighted by atomic mass is 10.1. The smallest absolute Gasteiger partial charge is 0.326 e. The van der Waals surface area contributed by atoms with E-state index in [9.17, 15) is 14.4 Å². The van der Waals surface area contributed by atoms with Crippen LogP contribution < -0.4 is 5.32 Å². The van der Waals surface area contributed by atoms with Gasteiger partial charge in [0.05, 0.1) is 0 Å². The van der Waals surface area contributed by atoms with E-state index < -0.39 is 17.9 Å². The zero-order chi connectivity index (χ0) is 16.2. The first-order valence-electron chi connectivity index (χ1n) is 6.66. The van der Waals surface area contributed by atoms with E-state index >= 15 is 0 Å². The first kappa shape index (κ1) is 16.7. The van der Waals surface area contributed by atoms with Crippen LogP contribution >= 0.6 is 0 Å². The van der Waals surface area contributed by atoms with E-state index in [2.05, 4.69) is 5.32 Å². The van der Waals surface area contributed by atoms with Crippen LogP contribution in [0, 0.1) is 6.92 Å². The van der Waals surface area contributed by atoms with Crippen molar-refractivity contribution in [3.8, 4) is 0 Å². The molecule has 0 saturated heterocycles. The number of aliphatic carboxylic acids is 1. The summed E-state index contributed by atoms with van der Waals surface area (Å²) in [6, 6.07) is 4.02. The van der Waals surface area contributed by atoms with Crippen molar-refractivity contribution in [2.45, 2.75) is 33.2 Å². The first-order chi connectivity index (χ1) is 9.77. The number of hydrogen-bond donors (Lipinski definition) is 2. The summed E-state index contributed by atoms with van der Waals surface area (Å²) in [5, 5.41) is 11.8. The van der Waals surface area contributed by atoms with Gasteiger partial charge >= 0.3 is 5.97 Å². The molecule has 1 atom stereocenters. The van der Waals surface area contributed by atoms with Crippen LogP contribution in [-0.4, -0.2) is 40.9 Å². The quantitative estimate of drug-likeness (QED) is 0.867. The molecule has 1 rings (SSSR count). The van der Waals surface area contributed by atoms with E-state index in [-0.39, 0.29) is 5.91 Å². The van der Waals surface area contributed by atoms with E-state index in [4.69, 9.17) is 5.11 Å². The van der Waals surface area contributed by atoms with E-state index in [0.717, 1.165) is 5.56 Å². The SMILES string of the molecule is CCC(C(=O)O)N(C)C(=O)c1ccc(C)c(NC(C)=O)c1. The number of likely N-dealkylation sites (N-methyl/N-ethyl adjacent to an activating group) is 1. The Bertz CT molecular complexity index is 569. The molecule has 0 saturated carbocycles. The number of carbonyl (C=O) groups is 3. The number of hydrogen-bond acceptors (Lipinski definition) is 3. The van der Waals surface area contributed by atoms with Crippen LogP contribution in [0.1, 0.15) is 36.2 Å². The molecule has 1 aromatic rings. The molecule has 0 fully saturated rings. The fraction of sp³-hybridized carbons (Fsp3) is 0.400. The van der Waals surface area contributed by atoms with Crippen LogP contribution in [0.2, 0.25) is 0 Å². The highest BCUT2D eigenvalue weighted by molar-refractivity contribution is 5.98. The molecule has 114 valence electrons. The Morgan fingerprint density at radius 1 is 1.33 bits per heavy atom. The van der Waals surface area contributed by atoms with E-state index in [1.807, 2.05) is 6.92 Å². The molecule has 1 unspecified atom stereocenters. The number of aryl methyl sites for hydroxylation is 1. The normalized spacial score (nSPS) is 11.6. The molecule has 1 aromatic carbocycles. The second-order valence-corrected chi connectivity index (χ2v) is 4.89. The number of nitrogens with zero attached hydrogens (tertiary/aromatic N) is 1. The number of carbonyl (C=O) groups excluding carboxylic acids is 2. The van der Waals surface area contributed by atoms with Gasteiger partial charge in [-0.15, -0.1) is 0 Å². The van der Waals surface area contributed by atoms with Crippen molar-refractivity contribution in [1.82, 2.24) is 4.90 Å². The average molecular weight is 292 g/mol. The maximum absolute atomic E-state index is 12.3. The molecule has 0 aliphatic carbocycles. The van der Waals surface area contributed by atoms with E-state index in [1.54, 1.807) is 25.1 Å². The summed E-state index contributed by atoms with van der Waals surface area (Å²) in [6.07, 6.45) is 0.321. The van der Waals surface area contributed by atoms with Crippen LogP contribution in [0.4, 0.5) is 5.69 Å². The van der Waals surface area contributed by atoms with Gasteiger partial charge in [-0.05, 0) is 31.0 Å². The molecule has 6 heteroatoms. The highest BCUT2D eigenvalue weighted by Gasteiger charge is 2.25. The number of nitrogens with one attached hydrogen (secondary N) is 1. The molecule has 21 heavy (non-hydrogen) atoms. The van der Waals surface area contributed by atoms with Gasteiger partial charge in [-0.3, -0.25) is 9.59 Å². The Kier molecular flexibility index (Phi) is 5.46.